The minimum absolute atomic E-state index is 0.458. The maximum Gasteiger partial charge on any atom is 0.0723 e. The molecule has 0 spiro atoms. The van der Waals surface area contributed by atoms with Gasteiger partial charge in [0.2, 0.25) is 0 Å². The number of rotatable bonds is 3. The first-order valence-corrected chi connectivity index (χ1v) is 5.83. The zero-order valence-electron chi connectivity index (χ0n) is 9.11. The van der Waals surface area contributed by atoms with Crippen molar-refractivity contribution in [2.75, 3.05) is 20.2 Å². The van der Waals surface area contributed by atoms with E-state index in [9.17, 15) is 0 Å². The second-order valence-corrected chi connectivity index (χ2v) is 4.79. The summed E-state index contributed by atoms with van der Waals surface area (Å²) in [5, 5.41) is 0. The first-order chi connectivity index (χ1) is 6.75. The second-order valence-electron chi connectivity index (χ2n) is 4.79. The third-order valence-electron chi connectivity index (χ3n) is 3.65. The first-order valence-electron chi connectivity index (χ1n) is 5.83. The van der Waals surface area contributed by atoms with E-state index in [1.54, 1.807) is 0 Å². The van der Waals surface area contributed by atoms with Crippen LogP contribution in [0.15, 0.2) is 0 Å². The van der Waals surface area contributed by atoms with Gasteiger partial charge in [-0.3, -0.25) is 0 Å². The number of ether oxygens (including phenoxy) is 1. The monoisotopic (exact) mass is 198 g/mol. The van der Waals surface area contributed by atoms with Crippen LogP contribution in [0.1, 0.15) is 32.1 Å². The average molecular weight is 198 g/mol. The Balaban J connectivity index is 1.71. The van der Waals surface area contributed by atoms with Gasteiger partial charge in [0, 0.05) is 25.2 Å². The molecule has 2 aliphatic rings. The third-order valence-corrected chi connectivity index (χ3v) is 3.65. The molecule has 0 aromatic rings. The van der Waals surface area contributed by atoms with Crippen molar-refractivity contribution in [3.63, 3.8) is 0 Å². The highest BCUT2D eigenvalue weighted by Crippen LogP contribution is 2.22. The standard InChI is InChI=1S/C11H22N2O/c1-13(8-11-6-7-14-11)10-4-2-9(12)3-5-10/h9-11H,2-8,12H2,1H3. The Labute approximate surface area is 86.6 Å². The van der Waals surface area contributed by atoms with E-state index >= 15 is 0 Å². The van der Waals surface area contributed by atoms with Crippen LogP contribution >= 0.6 is 0 Å². The van der Waals surface area contributed by atoms with Crippen LogP contribution in [0.2, 0.25) is 0 Å². The smallest absolute Gasteiger partial charge is 0.0723 e. The Hall–Kier alpha value is -0.120. The van der Waals surface area contributed by atoms with Gasteiger partial charge in [-0.2, -0.15) is 0 Å². The zero-order chi connectivity index (χ0) is 9.97. The van der Waals surface area contributed by atoms with Gasteiger partial charge >= 0.3 is 0 Å². The summed E-state index contributed by atoms with van der Waals surface area (Å²) in [4.78, 5) is 2.47. The Morgan fingerprint density at radius 2 is 1.86 bits per heavy atom. The molecule has 82 valence electrons. The van der Waals surface area contributed by atoms with Crippen LogP contribution < -0.4 is 5.73 Å². The predicted molar refractivity (Wildman–Crippen MR) is 57.2 cm³/mol. The Kier molecular flexibility index (Phi) is 3.42. The molecule has 0 radical (unpaired) electrons. The molecule has 1 atom stereocenters. The number of likely N-dealkylation sites (N-methyl/N-ethyl adjacent to an activating group) is 1. The lowest BCUT2D eigenvalue weighted by molar-refractivity contribution is -0.0700. The molecule has 3 heteroatoms. The highest BCUT2D eigenvalue weighted by Gasteiger charge is 2.26. The van der Waals surface area contributed by atoms with Crippen LogP contribution in [0.3, 0.4) is 0 Å². The molecule has 0 amide bonds. The maximum atomic E-state index is 5.89. The van der Waals surface area contributed by atoms with Crippen molar-refractivity contribution in [1.82, 2.24) is 4.90 Å². The summed E-state index contributed by atoms with van der Waals surface area (Å²) < 4.78 is 5.45. The topological polar surface area (TPSA) is 38.5 Å². The van der Waals surface area contributed by atoms with E-state index in [0.717, 1.165) is 19.2 Å². The maximum absolute atomic E-state index is 5.89. The van der Waals surface area contributed by atoms with Crippen LogP contribution in [0, 0.1) is 0 Å². The summed E-state index contributed by atoms with van der Waals surface area (Å²) in [6.07, 6.45) is 6.68. The highest BCUT2D eigenvalue weighted by atomic mass is 16.5. The molecule has 3 nitrogen and oxygen atoms in total. The number of nitrogens with two attached hydrogens (primary N) is 1. The minimum atomic E-state index is 0.458. The van der Waals surface area contributed by atoms with Crippen LogP contribution in [-0.2, 0) is 4.74 Å². The van der Waals surface area contributed by atoms with Crippen molar-refractivity contribution in [1.29, 1.82) is 0 Å². The second kappa shape index (κ2) is 4.60. The highest BCUT2D eigenvalue weighted by molar-refractivity contribution is 4.81. The summed E-state index contributed by atoms with van der Waals surface area (Å²) in [5.41, 5.74) is 5.89. The molecule has 14 heavy (non-hydrogen) atoms. The van der Waals surface area contributed by atoms with E-state index in [4.69, 9.17) is 10.5 Å². The van der Waals surface area contributed by atoms with E-state index in [0.29, 0.717) is 12.1 Å². The van der Waals surface area contributed by atoms with E-state index in [1.807, 2.05) is 0 Å². The van der Waals surface area contributed by atoms with Crippen LogP contribution in [0.25, 0.3) is 0 Å². The van der Waals surface area contributed by atoms with E-state index in [-0.39, 0.29) is 0 Å². The number of hydrogen-bond acceptors (Lipinski definition) is 3. The molecule has 1 unspecified atom stereocenters. The van der Waals surface area contributed by atoms with E-state index < -0.39 is 0 Å². The van der Waals surface area contributed by atoms with Crippen molar-refractivity contribution >= 4 is 0 Å². The fourth-order valence-electron chi connectivity index (χ4n) is 2.44. The van der Waals surface area contributed by atoms with Crippen LogP contribution in [0.4, 0.5) is 0 Å². The average Bonchev–Trinajstić information content (AvgIpc) is 2.12. The van der Waals surface area contributed by atoms with Gasteiger partial charge < -0.3 is 15.4 Å². The molecule has 1 aliphatic carbocycles. The molecule has 0 aromatic carbocycles. The fourth-order valence-corrected chi connectivity index (χ4v) is 2.44. The van der Waals surface area contributed by atoms with Crippen molar-refractivity contribution in [2.24, 2.45) is 5.73 Å². The summed E-state index contributed by atoms with van der Waals surface area (Å²) in [6.45, 7) is 2.08. The van der Waals surface area contributed by atoms with Gasteiger partial charge in [-0.05, 0) is 39.2 Å². The molecular formula is C11H22N2O. The summed E-state index contributed by atoms with van der Waals surface area (Å²) in [7, 11) is 2.23. The quantitative estimate of drug-likeness (QED) is 0.734. The van der Waals surface area contributed by atoms with Crippen molar-refractivity contribution < 1.29 is 4.74 Å². The summed E-state index contributed by atoms with van der Waals surface area (Å²) in [5.74, 6) is 0. The van der Waals surface area contributed by atoms with Crippen molar-refractivity contribution in [3.8, 4) is 0 Å². The van der Waals surface area contributed by atoms with E-state index in [1.165, 1.54) is 32.1 Å². The van der Waals surface area contributed by atoms with Gasteiger partial charge in [-0.1, -0.05) is 0 Å². The number of nitrogens with zero attached hydrogens (tertiary/aromatic N) is 1. The zero-order valence-corrected chi connectivity index (χ0v) is 9.11. The van der Waals surface area contributed by atoms with Crippen molar-refractivity contribution in [2.45, 2.75) is 50.3 Å². The van der Waals surface area contributed by atoms with Gasteiger partial charge in [0.05, 0.1) is 6.10 Å². The largest absolute Gasteiger partial charge is 0.377 e. The predicted octanol–water partition coefficient (Wildman–Crippen LogP) is 0.977. The summed E-state index contributed by atoms with van der Waals surface area (Å²) in [6, 6.07) is 1.21. The molecule has 1 heterocycles. The lowest BCUT2D eigenvalue weighted by Crippen LogP contribution is -2.45. The molecule has 0 aromatic heterocycles. The normalized spacial score (nSPS) is 38.4. The Morgan fingerprint density at radius 1 is 1.21 bits per heavy atom. The Morgan fingerprint density at radius 3 is 2.36 bits per heavy atom. The first kappa shape index (κ1) is 10.4. The molecule has 1 saturated heterocycles. The van der Waals surface area contributed by atoms with Gasteiger partial charge in [-0.15, -0.1) is 0 Å². The van der Waals surface area contributed by atoms with Crippen LogP contribution in [-0.4, -0.2) is 43.3 Å². The molecule has 1 aliphatic heterocycles. The molecule has 2 N–H and O–H groups in total. The summed E-state index contributed by atoms with van der Waals surface area (Å²) >= 11 is 0. The molecule has 2 rings (SSSR count). The van der Waals surface area contributed by atoms with Gasteiger partial charge in [0.25, 0.3) is 0 Å². The Bertz CT molecular complexity index is 174. The van der Waals surface area contributed by atoms with Crippen molar-refractivity contribution in [3.05, 3.63) is 0 Å². The SMILES string of the molecule is CN(CC1CCO1)C1CCC(N)CC1. The molecular weight excluding hydrogens is 176 g/mol. The van der Waals surface area contributed by atoms with Gasteiger partial charge in [0.1, 0.15) is 0 Å². The minimum Gasteiger partial charge on any atom is -0.377 e. The lowest BCUT2D eigenvalue weighted by atomic mass is 9.91. The van der Waals surface area contributed by atoms with Gasteiger partial charge in [-0.25, -0.2) is 0 Å². The van der Waals surface area contributed by atoms with Crippen LogP contribution in [0.5, 0.6) is 0 Å². The molecule has 0 bridgehead atoms. The lowest BCUT2D eigenvalue weighted by Gasteiger charge is -2.37. The van der Waals surface area contributed by atoms with Gasteiger partial charge in [0.15, 0.2) is 0 Å². The number of hydrogen-bond donors (Lipinski definition) is 1. The third kappa shape index (κ3) is 2.47. The van der Waals surface area contributed by atoms with E-state index in [2.05, 4.69) is 11.9 Å². The molecule has 1 saturated carbocycles. The fraction of sp³-hybridized carbons (Fsp3) is 1.00. The molecule has 2 fully saturated rings.